The Labute approximate surface area is 62.5 Å². The Bertz CT molecular complexity index is 234. The molecule has 0 amide bonds. The molecule has 0 aromatic heterocycles. The van der Waals surface area contributed by atoms with E-state index in [1.54, 1.807) is 0 Å². The van der Waals surface area contributed by atoms with Gasteiger partial charge in [0.25, 0.3) is 10.1 Å². The van der Waals surface area contributed by atoms with Crippen LogP contribution in [0.2, 0.25) is 19.6 Å². The van der Waals surface area contributed by atoms with Gasteiger partial charge >= 0.3 is 0 Å². The molecule has 0 fully saturated rings. The number of hydrogen-bond donors (Lipinski definition) is 1. The molecule has 0 aliphatic carbocycles. The van der Waals surface area contributed by atoms with E-state index in [1.807, 2.05) is 19.6 Å². The molecule has 0 aliphatic heterocycles. The second-order valence-corrected chi connectivity index (χ2v) is 10.1. The second-order valence-electron chi connectivity index (χ2n) is 3.15. The molecule has 0 spiro atoms. The van der Waals surface area contributed by atoms with Gasteiger partial charge in [0.2, 0.25) is 0 Å². The molecular formula is C5H12O3SSi. The third kappa shape index (κ3) is 2.63. The third-order valence-corrected chi connectivity index (χ3v) is 6.05. The smallest absolute Gasteiger partial charge is 0.282 e. The predicted octanol–water partition coefficient (Wildman–Crippen LogP) is 1.27. The van der Waals surface area contributed by atoms with Gasteiger partial charge in [0.05, 0.1) is 8.07 Å². The maximum absolute atomic E-state index is 10.5. The largest absolute Gasteiger partial charge is 0.286 e. The summed E-state index contributed by atoms with van der Waals surface area (Å²) in [5.41, 5.74) is 0. The second kappa shape index (κ2) is 2.48. The van der Waals surface area contributed by atoms with Crippen LogP contribution in [0.4, 0.5) is 0 Å². The van der Waals surface area contributed by atoms with Crippen molar-refractivity contribution in [1.29, 1.82) is 0 Å². The summed E-state index contributed by atoms with van der Waals surface area (Å²) in [7, 11) is -5.92. The molecule has 3 nitrogen and oxygen atoms in total. The van der Waals surface area contributed by atoms with Gasteiger partial charge in [-0.05, 0) is 0 Å². The molecule has 0 saturated heterocycles. The van der Waals surface area contributed by atoms with Gasteiger partial charge in [-0.15, -0.1) is 0 Å². The zero-order valence-corrected chi connectivity index (χ0v) is 8.20. The topological polar surface area (TPSA) is 54.4 Å². The van der Waals surface area contributed by atoms with E-state index in [0.717, 1.165) is 0 Å². The summed E-state index contributed by atoms with van der Waals surface area (Å²) in [6.07, 6.45) is 0. The van der Waals surface area contributed by atoms with Gasteiger partial charge in [-0.2, -0.15) is 8.42 Å². The molecule has 0 rings (SSSR count). The van der Waals surface area contributed by atoms with E-state index in [-0.39, 0.29) is 4.53 Å². The van der Waals surface area contributed by atoms with Gasteiger partial charge in [0, 0.05) is 4.53 Å². The lowest BCUT2D eigenvalue weighted by Gasteiger charge is -2.15. The van der Waals surface area contributed by atoms with Crippen molar-refractivity contribution < 1.29 is 13.0 Å². The van der Waals surface area contributed by atoms with Crippen LogP contribution >= 0.6 is 0 Å². The third-order valence-electron chi connectivity index (χ3n) is 1.15. The average molecular weight is 180 g/mol. The monoisotopic (exact) mass is 180 g/mol. The molecular weight excluding hydrogens is 168 g/mol. The zero-order chi connectivity index (χ0) is 8.58. The molecule has 0 aromatic rings. The first-order chi connectivity index (χ1) is 4.15. The van der Waals surface area contributed by atoms with E-state index in [4.69, 9.17) is 4.55 Å². The van der Waals surface area contributed by atoms with Crippen molar-refractivity contribution in [3.05, 3.63) is 11.1 Å². The molecule has 0 heterocycles. The fourth-order valence-electron chi connectivity index (χ4n) is 0.387. The van der Waals surface area contributed by atoms with Crippen LogP contribution in [0.25, 0.3) is 0 Å². The number of rotatable bonds is 2. The van der Waals surface area contributed by atoms with Crippen LogP contribution in [0.15, 0.2) is 11.1 Å². The van der Waals surface area contributed by atoms with Crippen molar-refractivity contribution in [1.82, 2.24) is 0 Å². The molecule has 1 N–H and O–H groups in total. The van der Waals surface area contributed by atoms with Crippen LogP contribution in [0, 0.1) is 0 Å². The van der Waals surface area contributed by atoms with Crippen molar-refractivity contribution >= 4 is 18.2 Å². The van der Waals surface area contributed by atoms with Crippen molar-refractivity contribution in [2.45, 2.75) is 19.6 Å². The first-order valence-corrected chi connectivity index (χ1v) is 7.76. The van der Waals surface area contributed by atoms with Gasteiger partial charge in [0.15, 0.2) is 0 Å². The Hall–Kier alpha value is -0.133. The van der Waals surface area contributed by atoms with Crippen LogP contribution in [0.5, 0.6) is 0 Å². The summed E-state index contributed by atoms with van der Waals surface area (Å²) >= 11 is 0. The molecule has 0 aliphatic rings. The fraction of sp³-hybridized carbons (Fsp3) is 0.600. The highest BCUT2D eigenvalue weighted by atomic mass is 32.2. The average Bonchev–Trinajstić information content (AvgIpc) is 1.59. The van der Waals surface area contributed by atoms with Crippen LogP contribution in [0.1, 0.15) is 0 Å². The Balaban J connectivity index is 4.75. The minimum atomic E-state index is -3.99. The first kappa shape index (κ1) is 9.87. The standard InChI is InChI=1S/C5H12O3SSi/c1-5(9(6,7)8)10(2,3)4/h1H2,2-4H3,(H,6,7,8). The Morgan fingerprint density at radius 3 is 1.70 bits per heavy atom. The summed E-state index contributed by atoms with van der Waals surface area (Å²) in [6.45, 7) is 8.75. The lowest BCUT2D eigenvalue weighted by Crippen LogP contribution is -2.28. The zero-order valence-electron chi connectivity index (χ0n) is 6.38. The quantitative estimate of drug-likeness (QED) is 0.514. The summed E-state index contributed by atoms with van der Waals surface area (Å²) in [6, 6.07) is 0. The van der Waals surface area contributed by atoms with E-state index >= 15 is 0 Å². The van der Waals surface area contributed by atoms with Crippen molar-refractivity contribution in [3.63, 3.8) is 0 Å². The minimum absolute atomic E-state index is 0.0139. The summed E-state index contributed by atoms with van der Waals surface area (Å²) in [5, 5.41) is 0. The van der Waals surface area contributed by atoms with Crippen molar-refractivity contribution in [3.8, 4) is 0 Å². The van der Waals surface area contributed by atoms with E-state index in [9.17, 15) is 8.42 Å². The van der Waals surface area contributed by atoms with Crippen LogP contribution in [-0.4, -0.2) is 21.0 Å². The highest BCUT2D eigenvalue weighted by Gasteiger charge is 2.26. The molecule has 0 saturated carbocycles. The molecule has 60 valence electrons. The summed E-state index contributed by atoms with van der Waals surface area (Å²) in [5.74, 6) is 0. The normalized spacial score (nSPS) is 13.2. The minimum Gasteiger partial charge on any atom is -0.282 e. The van der Waals surface area contributed by atoms with Gasteiger partial charge in [0.1, 0.15) is 0 Å². The summed E-state index contributed by atoms with van der Waals surface area (Å²) < 4.78 is 29.5. The Morgan fingerprint density at radius 2 is 1.70 bits per heavy atom. The maximum atomic E-state index is 10.5. The first-order valence-electron chi connectivity index (χ1n) is 2.82. The molecule has 5 heteroatoms. The van der Waals surface area contributed by atoms with E-state index in [1.165, 1.54) is 0 Å². The SMILES string of the molecule is C=C([Si](C)(C)C)S(=O)(=O)O. The Kier molecular flexibility index (Phi) is 2.45. The van der Waals surface area contributed by atoms with Gasteiger partial charge in [-0.1, -0.05) is 26.2 Å². The van der Waals surface area contributed by atoms with E-state index < -0.39 is 18.2 Å². The molecule has 0 unspecified atom stereocenters. The molecule has 0 bridgehead atoms. The molecule has 0 atom stereocenters. The van der Waals surface area contributed by atoms with E-state index in [0.29, 0.717) is 0 Å². The van der Waals surface area contributed by atoms with Crippen molar-refractivity contribution in [2.75, 3.05) is 0 Å². The predicted molar refractivity (Wildman–Crippen MR) is 44.0 cm³/mol. The molecule has 10 heavy (non-hydrogen) atoms. The van der Waals surface area contributed by atoms with Crippen molar-refractivity contribution in [2.24, 2.45) is 0 Å². The highest BCUT2D eigenvalue weighted by molar-refractivity contribution is 7.92. The van der Waals surface area contributed by atoms with Crippen LogP contribution < -0.4 is 0 Å². The molecule has 0 radical (unpaired) electrons. The van der Waals surface area contributed by atoms with Gasteiger partial charge in [-0.25, -0.2) is 0 Å². The number of hydrogen-bond acceptors (Lipinski definition) is 2. The maximum Gasteiger partial charge on any atom is 0.286 e. The van der Waals surface area contributed by atoms with Gasteiger partial charge in [-0.3, -0.25) is 4.55 Å². The Morgan fingerprint density at radius 1 is 1.40 bits per heavy atom. The lowest BCUT2D eigenvalue weighted by molar-refractivity contribution is 0.493. The van der Waals surface area contributed by atoms with Crippen LogP contribution in [-0.2, 0) is 10.1 Å². The molecule has 0 aromatic carbocycles. The van der Waals surface area contributed by atoms with E-state index in [2.05, 4.69) is 6.58 Å². The summed E-state index contributed by atoms with van der Waals surface area (Å²) in [4.78, 5) is 0. The highest BCUT2D eigenvalue weighted by Crippen LogP contribution is 2.16. The lowest BCUT2D eigenvalue weighted by atomic mass is 11.2. The van der Waals surface area contributed by atoms with Crippen LogP contribution in [0.3, 0.4) is 0 Å². The fourth-order valence-corrected chi connectivity index (χ4v) is 3.48. The van der Waals surface area contributed by atoms with Gasteiger partial charge < -0.3 is 0 Å².